The van der Waals surface area contributed by atoms with E-state index in [0.717, 1.165) is 18.8 Å². The van der Waals surface area contributed by atoms with Crippen molar-refractivity contribution in [2.45, 2.75) is 26.6 Å². The van der Waals surface area contributed by atoms with Gasteiger partial charge in [-0.05, 0) is 62.5 Å². The van der Waals surface area contributed by atoms with Crippen molar-refractivity contribution in [2.75, 3.05) is 21.1 Å². The van der Waals surface area contributed by atoms with Crippen molar-refractivity contribution in [3.05, 3.63) is 64.7 Å². The SMILES string of the molecule is CNCc1ccc(C)c(COc2cccc(CN(C)C)c2)c1. The number of benzene rings is 2. The first-order valence-corrected chi connectivity index (χ1v) is 7.68. The van der Waals surface area contributed by atoms with Gasteiger partial charge in [0.05, 0.1) is 0 Å². The van der Waals surface area contributed by atoms with Crippen LogP contribution in [0.4, 0.5) is 0 Å². The summed E-state index contributed by atoms with van der Waals surface area (Å²) in [4.78, 5) is 2.16. The molecule has 0 radical (unpaired) electrons. The summed E-state index contributed by atoms with van der Waals surface area (Å²) in [5, 5.41) is 3.18. The quantitative estimate of drug-likeness (QED) is 0.848. The molecule has 0 aliphatic carbocycles. The Labute approximate surface area is 133 Å². The summed E-state index contributed by atoms with van der Waals surface area (Å²) in [6.45, 7) is 4.54. The highest BCUT2D eigenvalue weighted by Gasteiger charge is 2.03. The standard InChI is InChI=1S/C19H26N2O/c1-15-8-9-16(12-20-2)10-18(15)14-22-19-7-5-6-17(11-19)13-21(3)4/h5-11,20H,12-14H2,1-4H3. The molecule has 0 amide bonds. The molecule has 0 aliphatic rings. The fourth-order valence-corrected chi connectivity index (χ4v) is 2.45. The van der Waals surface area contributed by atoms with Gasteiger partial charge in [0.2, 0.25) is 0 Å². The first-order chi connectivity index (χ1) is 10.6. The van der Waals surface area contributed by atoms with Gasteiger partial charge in [0, 0.05) is 13.1 Å². The van der Waals surface area contributed by atoms with Crippen LogP contribution in [0.1, 0.15) is 22.3 Å². The van der Waals surface area contributed by atoms with Crippen molar-refractivity contribution < 1.29 is 4.74 Å². The van der Waals surface area contributed by atoms with Crippen LogP contribution in [0.15, 0.2) is 42.5 Å². The van der Waals surface area contributed by atoms with E-state index in [1.54, 1.807) is 0 Å². The van der Waals surface area contributed by atoms with Crippen LogP contribution >= 0.6 is 0 Å². The Morgan fingerprint density at radius 1 is 1.05 bits per heavy atom. The third kappa shape index (κ3) is 4.86. The lowest BCUT2D eigenvalue weighted by Gasteiger charge is -2.13. The summed E-state index contributed by atoms with van der Waals surface area (Å²) >= 11 is 0. The topological polar surface area (TPSA) is 24.5 Å². The monoisotopic (exact) mass is 298 g/mol. The van der Waals surface area contributed by atoms with Crippen LogP contribution in [0.2, 0.25) is 0 Å². The van der Waals surface area contributed by atoms with Gasteiger partial charge in [-0.3, -0.25) is 0 Å². The van der Waals surface area contributed by atoms with Gasteiger partial charge < -0.3 is 15.0 Å². The van der Waals surface area contributed by atoms with E-state index >= 15 is 0 Å². The molecule has 2 aromatic carbocycles. The van der Waals surface area contributed by atoms with Crippen molar-refractivity contribution in [2.24, 2.45) is 0 Å². The maximum atomic E-state index is 5.99. The predicted molar refractivity (Wildman–Crippen MR) is 92.1 cm³/mol. The normalized spacial score (nSPS) is 11.0. The molecule has 118 valence electrons. The highest BCUT2D eigenvalue weighted by Crippen LogP contribution is 2.18. The third-order valence-corrected chi connectivity index (χ3v) is 3.59. The first-order valence-electron chi connectivity index (χ1n) is 7.68. The van der Waals surface area contributed by atoms with Crippen molar-refractivity contribution in [1.82, 2.24) is 10.2 Å². The minimum atomic E-state index is 0.606. The van der Waals surface area contributed by atoms with Crippen molar-refractivity contribution in [3.63, 3.8) is 0 Å². The van der Waals surface area contributed by atoms with Gasteiger partial charge in [0.25, 0.3) is 0 Å². The number of nitrogens with zero attached hydrogens (tertiary/aromatic N) is 1. The number of aryl methyl sites for hydroxylation is 1. The Kier molecular flexibility index (Phi) is 5.99. The summed E-state index contributed by atoms with van der Waals surface area (Å²) in [6.07, 6.45) is 0. The van der Waals surface area contributed by atoms with Crippen LogP contribution in [0.3, 0.4) is 0 Å². The maximum absolute atomic E-state index is 5.99. The molecule has 2 rings (SSSR count). The summed E-state index contributed by atoms with van der Waals surface area (Å²) in [6, 6.07) is 14.9. The molecule has 0 fully saturated rings. The second-order valence-electron chi connectivity index (χ2n) is 5.97. The van der Waals surface area contributed by atoms with E-state index in [1.165, 1.54) is 22.3 Å². The van der Waals surface area contributed by atoms with Crippen molar-refractivity contribution >= 4 is 0 Å². The lowest BCUT2D eigenvalue weighted by atomic mass is 10.1. The van der Waals surface area contributed by atoms with Crippen LogP contribution in [0, 0.1) is 6.92 Å². The molecule has 0 atom stereocenters. The number of ether oxygens (including phenoxy) is 1. The fraction of sp³-hybridized carbons (Fsp3) is 0.368. The molecule has 22 heavy (non-hydrogen) atoms. The van der Waals surface area contributed by atoms with E-state index in [2.05, 4.69) is 67.6 Å². The van der Waals surface area contributed by atoms with E-state index < -0.39 is 0 Å². The highest BCUT2D eigenvalue weighted by molar-refractivity contribution is 5.32. The zero-order valence-corrected chi connectivity index (χ0v) is 14.0. The average Bonchev–Trinajstić information content (AvgIpc) is 2.48. The molecule has 0 aromatic heterocycles. The van der Waals surface area contributed by atoms with Crippen LogP contribution in [-0.2, 0) is 19.7 Å². The summed E-state index contributed by atoms with van der Waals surface area (Å²) in [7, 11) is 6.11. The van der Waals surface area contributed by atoms with Gasteiger partial charge in [-0.1, -0.05) is 30.3 Å². The van der Waals surface area contributed by atoms with E-state index in [1.807, 2.05) is 13.1 Å². The van der Waals surface area contributed by atoms with E-state index in [0.29, 0.717) is 6.61 Å². The minimum absolute atomic E-state index is 0.606. The third-order valence-electron chi connectivity index (χ3n) is 3.59. The molecule has 0 saturated carbocycles. The fourth-order valence-electron chi connectivity index (χ4n) is 2.45. The molecular weight excluding hydrogens is 272 g/mol. The predicted octanol–water partition coefficient (Wildman–Crippen LogP) is 3.36. The Morgan fingerprint density at radius 2 is 1.86 bits per heavy atom. The zero-order chi connectivity index (χ0) is 15.9. The minimum Gasteiger partial charge on any atom is -0.489 e. The van der Waals surface area contributed by atoms with Crippen LogP contribution in [0.25, 0.3) is 0 Å². The summed E-state index contributed by atoms with van der Waals surface area (Å²) in [5.41, 5.74) is 5.06. The smallest absolute Gasteiger partial charge is 0.120 e. The largest absolute Gasteiger partial charge is 0.489 e. The Bertz CT molecular complexity index is 608. The molecule has 2 aromatic rings. The molecule has 0 bridgehead atoms. The van der Waals surface area contributed by atoms with Gasteiger partial charge in [0.1, 0.15) is 12.4 Å². The first kappa shape index (κ1) is 16.5. The van der Waals surface area contributed by atoms with E-state index in [4.69, 9.17) is 4.74 Å². The molecule has 3 heteroatoms. The maximum Gasteiger partial charge on any atom is 0.120 e. The number of hydrogen-bond donors (Lipinski definition) is 1. The number of nitrogens with one attached hydrogen (secondary N) is 1. The lowest BCUT2D eigenvalue weighted by Crippen LogP contribution is -2.10. The van der Waals surface area contributed by atoms with E-state index in [9.17, 15) is 0 Å². The molecule has 1 N–H and O–H groups in total. The molecule has 3 nitrogen and oxygen atoms in total. The average molecular weight is 298 g/mol. The van der Waals surface area contributed by atoms with Crippen LogP contribution < -0.4 is 10.1 Å². The zero-order valence-electron chi connectivity index (χ0n) is 14.0. The van der Waals surface area contributed by atoms with Gasteiger partial charge in [-0.2, -0.15) is 0 Å². The molecule has 0 spiro atoms. The molecule has 0 heterocycles. The van der Waals surface area contributed by atoms with Gasteiger partial charge in [-0.15, -0.1) is 0 Å². The van der Waals surface area contributed by atoms with Crippen molar-refractivity contribution in [1.29, 1.82) is 0 Å². The Hall–Kier alpha value is -1.84. The lowest BCUT2D eigenvalue weighted by molar-refractivity contribution is 0.304. The summed E-state index contributed by atoms with van der Waals surface area (Å²) < 4.78 is 5.99. The molecule has 0 aliphatic heterocycles. The molecule has 0 unspecified atom stereocenters. The Morgan fingerprint density at radius 3 is 2.59 bits per heavy atom. The van der Waals surface area contributed by atoms with Gasteiger partial charge >= 0.3 is 0 Å². The van der Waals surface area contributed by atoms with Crippen LogP contribution in [-0.4, -0.2) is 26.0 Å². The Balaban J connectivity index is 2.05. The number of rotatable bonds is 7. The summed E-state index contributed by atoms with van der Waals surface area (Å²) in [5.74, 6) is 0.928. The van der Waals surface area contributed by atoms with E-state index in [-0.39, 0.29) is 0 Å². The molecular formula is C19H26N2O. The van der Waals surface area contributed by atoms with Crippen LogP contribution in [0.5, 0.6) is 5.75 Å². The number of hydrogen-bond acceptors (Lipinski definition) is 3. The van der Waals surface area contributed by atoms with Crippen molar-refractivity contribution in [3.8, 4) is 5.75 Å². The highest BCUT2D eigenvalue weighted by atomic mass is 16.5. The molecule has 0 saturated heterocycles. The van der Waals surface area contributed by atoms with Gasteiger partial charge in [0.15, 0.2) is 0 Å². The van der Waals surface area contributed by atoms with Gasteiger partial charge in [-0.25, -0.2) is 0 Å². The second kappa shape index (κ2) is 7.97. The second-order valence-corrected chi connectivity index (χ2v) is 5.97.